The van der Waals surface area contributed by atoms with Gasteiger partial charge in [0.1, 0.15) is 0 Å². The second-order valence-corrected chi connectivity index (χ2v) is 10.2. The first-order valence-electron chi connectivity index (χ1n) is 8.95. The van der Waals surface area contributed by atoms with Gasteiger partial charge in [0.25, 0.3) is 25.7 Å². The Morgan fingerprint density at radius 3 is 1.52 bits per heavy atom. The fourth-order valence-electron chi connectivity index (χ4n) is 2.66. The van der Waals surface area contributed by atoms with Crippen LogP contribution >= 0.6 is 0 Å². The number of rotatable bonds is 7. The van der Waals surface area contributed by atoms with Crippen LogP contribution in [0.1, 0.15) is 11.1 Å². The number of nitro groups is 1. The summed E-state index contributed by atoms with van der Waals surface area (Å²) in [4.78, 5) is 10.3. The number of hydrogen-bond donors (Lipinski definition) is 2. The number of nitro benzene ring substituents is 1. The second-order valence-electron chi connectivity index (χ2n) is 6.82. The van der Waals surface area contributed by atoms with Crippen LogP contribution in [0.4, 0.5) is 17.1 Å². The molecule has 0 radical (unpaired) electrons. The normalized spacial score (nSPS) is 11.7. The largest absolute Gasteiger partial charge is 0.277 e. The standard InChI is InChI=1S/C20H19N3O6S2/c1-14-3-8-17(9-4-14)30(26,27)21-19-12-7-16(23(24)25)13-20(19)22-31(28,29)18-10-5-15(2)6-11-18/h3-13,21-22H,1-2H3. The summed E-state index contributed by atoms with van der Waals surface area (Å²) in [6, 6.07) is 15.2. The molecule has 0 spiro atoms. The molecule has 0 aliphatic heterocycles. The van der Waals surface area contributed by atoms with Crippen molar-refractivity contribution in [3.05, 3.63) is 88.0 Å². The zero-order valence-corrected chi connectivity index (χ0v) is 18.2. The minimum absolute atomic E-state index is 0.0382. The van der Waals surface area contributed by atoms with Crippen molar-refractivity contribution in [1.29, 1.82) is 0 Å². The molecule has 2 N–H and O–H groups in total. The van der Waals surface area contributed by atoms with Gasteiger partial charge < -0.3 is 0 Å². The van der Waals surface area contributed by atoms with Crippen LogP contribution in [-0.4, -0.2) is 21.8 Å². The van der Waals surface area contributed by atoms with Crippen molar-refractivity contribution in [3.8, 4) is 0 Å². The Kier molecular flexibility index (Phi) is 6.00. The highest BCUT2D eigenvalue weighted by molar-refractivity contribution is 7.93. The van der Waals surface area contributed by atoms with Gasteiger partial charge in [0, 0.05) is 12.1 Å². The van der Waals surface area contributed by atoms with E-state index in [-0.39, 0.29) is 21.2 Å². The number of nitrogens with zero attached hydrogens (tertiary/aromatic N) is 1. The summed E-state index contributed by atoms with van der Waals surface area (Å²) >= 11 is 0. The molecular weight excluding hydrogens is 442 g/mol. The Hall–Kier alpha value is -3.44. The number of non-ortho nitro benzene ring substituents is 1. The zero-order chi connectivity index (χ0) is 22.8. The molecule has 31 heavy (non-hydrogen) atoms. The number of hydrogen-bond acceptors (Lipinski definition) is 6. The van der Waals surface area contributed by atoms with Crippen LogP contribution < -0.4 is 9.44 Å². The molecule has 3 rings (SSSR count). The minimum atomic E-state index is -4.13. The number of anilines is 2. The van der Waals surface area contributed by atoms with Gasteiger partial charge in [-0.15, -0.1) is 0 Å². The van der Waals surface area contributed by atoms with Gasteiger partial charge >= 0.3 is 0 Å². The SMILES string of the molecule is Cc1ccc(S(=O)(=O)Nc2ccc([N+](=O)[O-])cc2NS(=O)(=O)c2ccc(C)cc2)cc1. The summed E-state index contributed by atoms with van der Waals surface area (Å²) in [7, 11) is -8.19. The molecule has 0 amide bonds. The third-order valence-electron chi connectivity index (χ3n) is 4.37. The van der Waals surface area contributed by atoms with E-state index < -0.39 is 30.7 Å². The maximum absolute atomic E-state index is 12.8. The Balaban J connectivity index is 2.02. The molecule has 3 aromatic carbocycles. The lowest BCUT2D eigenvalue weighted by Gasteiger charge is -2.15. The average molecular weight is 462 g/mol. The van der Waals surface area contributed by atoms with E-state index in [9.17, 15) is 26.9 Å². The summed E-state index contributed by atoms with van der Waals surface area (Å²) in [6.07, 6.45) is 0. The molecule has 0 aromatic heterocycles. The van der Waals surface area contributed by atoms with E-state index in [1.165, 1.54) is 24.3 Å². The van der Waals surface area contributed by atoms with Crippen molar-refractivity contribution < 1.29 is 21.8 Å². The average Bonchev–Trinajstić information content (AvgIpc) is 2.69. The highest BCUT2D eigenvalue weighted by Crippen LogP contribution is 2.31. The number of sulfonamides is 2. The minimum Gasteiger partial charge on any atom is -0.277 e. The highest BCUT2D eigenvalue weighted by atomic mass is 32.2. The molecule has 0 aliphatic carbocycles. The molecule has 0 bridgehead atoms. The van der Waals surface area contributed by atoms with Crippen LogP contribution in [0.5, 0.6) is 0 Å². The van der Waals surface area contributed by atoms with Gasteiger partial charge in [-0.2, -0.15) is 0 Å². The van der Waals surface area contributed by atoms with Crippen LogP contribution in [0.25, 0.3) is 0 Å². The summed E-state index contributed by atoms with van der Waals surface area (Å²) < 4.78 is 55.5. The van der Waals surface area contributed by atoms with E-state index in [4.69, 9.17) is 0 Å². The lowest BCUT2D eigenvalue weighted by molar-refractivity contribution is -0.384. The number of aryl methyl sites for hydroxylation is 2. The van der Waals surface area contributed by atoms with Crippen molar-refractivity contribution in [2.45, 2.75) is 23.6 Å². The third kappa shape index (κ3) is 5.19. The van der Waals surface area contributed by atoms with Crippen LogP contribution in [0.2, 0.25) is 0 Å². The van der Waals surface area contributed by atoms with Gasteiger partial charge in [-0.05, 0) is 44.2 Å². The Labute approximate surface area is 180 Å². The van der Waals surface area contributed by atoms with Gasteiger partial charge in [-0.25, -0.2) is 16.8 Å². The smallest absolute Gasteiger partial charge is 0.271 e. The summed E-state index contributed by atoms with van der Waals surface area (Å²) in [5.74, 6) is 0. The molecule has 0 aliphatic rings. The van der Waals surface area contributed by atoms with Crippen LogP contribution in [0, 0.1) is 24.0 Å². The van der Waals surface area contributed by atoms with E-state index in [0.29, 0.717) is 0 Å². The molecule has 9 nitrogen and oxygen atoms in total. The molecule has 162 valence electrons. The highest BCUT2D eigenvalue weighted by Gasteiger charge is 2.22. The molecule has 11 heteroatoms. The van der Waals surface area contributed by atoms with Crippen LogP contribution in [0.15, 0.2) is 76.5 Å². The van der Waals surface area contributed by atoms with Crippen molar-refractivity contribution in [2.24, 2.45) is 0 Å². The first-order chi connectivity index (χ1) is 14.5. The molecule has 0 saturated carbocycles. The Morgan fingerprint density at radius 2 is 1.10 bits per heavy atom. The molecule has 0 unspecified atom stereocenters. The third-order valence-corrected chi connectivity index (χ3v) is 7.13. The van der Waals surface area contributed by atoms with E-state index >= 15 is 0 Å². The molecule has 0 fully saturated rings. The van der Waals surface area contributed by atoms with Crippen molar-refractivity contribution in [2.75, 3.05) is 9.44 Å². The predicted molar refractivity (Wildman–Crippen MR) is 117 cm³/mol. The zero-order valence-electron chi connectivity index (χ0n) is 16.6. The maximum Gasteiger partial charge on any atom is 0.271 e. The number of nitrogens with one attached hydrogen (secondary N) is 2. The quantitative estimate of drug-likeness (QED) is 0.406. The lowest BCUT2D eigenvalue weighted by atomic mass is 10.2. The van der Waals surface area contributed by atoms with Gasteiger partial charge in [0.2, 0.25) is 0 Å². The van der Waals surface area contributed by atoms with E-state index in [2.05, 4.69) is 9.44 Å². The van der Waals surface area contributed by atoms with E-state index in [1.807, 2.05) is 0 Å². The van der Waals surface area contributed by atoms with Gasteiger partial charge in [-0.1, -0.05) is 35.4 Å². The molecule has 0 atom stereocenters. The van der Waals surface area contributed by atoms with Crippen molar-refractivity contribution in [3.63, 3.8) is 0 Å². The van der Waals surface area contributed by atoms with E-state index in [1.54, 1.807) is 38.1 Å². The van der Waals surface area contributed by atoms with Gasteiger partial charge in [0.05, 0.1) is 26.1 Å². The first kappa shape index (κ1) is 22.2. The van der Waals surface area contributed by atoms with E-state index in [0.717, 1.165) is 29.3 Å². The number of benzene rings is 3. The summed E-state index contributed by atoms with van der Waals surface area (Å²) in [6.45, 7) is 3.60. The molecule has 3 aromatic rings. The fraction of sp³-hybridized carbons (Fsp3) is 0.100. The summed E-state index contributed by atoms with van der Waals surface area (Å²) in [5, 5.41) is 11.2. The summed E-state index contributed by atoms with van der Waals surface area (Å²) in [5.41, 5.74) is 0.883. The molecular formula is C20H19N3O6S2. The first-order valence-corrected chi connectivity index (χ1v) is 11.9. The van der Waals surface area contributed by atoms with Crippen LogP contribution in [-0.2, 0) is 20.0 Å². The monoisotopic (exact) mass is 461 g/mol. The topological polar surface area (TPSA) is 135 Å². The Bertz CT molecular complexity index is 1330. The van der Waals surface area contributed by atoms with Crippen LogP contribution in [0.3, 0.4) is 0 Å². The fourth-order valence-corrected chi connectivity index (χ4v) is 4.81. The van der Waals surface area contributed by atoms with Gasteiger partial charge in [-0.3, -0.25) is 19.6 Å². The Morgan fingerprint density at radius 1 is 0.677 bits per heavy atom. The van der Waals surface area contributed by atoms with Crippen molar-refractivity contribution >= 4 is 37.1 Å². The molecule has 0 saturated heterocycles. The lowest BCUT2D eigenvalue weighted by Crippen LogP contribution is -2.18. The van der Waals surface area contributed by atoms with Gasteiger partial charge in [0.15, 0.2) is 0 Å². The predicted octanol–water partition coefficient (Wildman–Crippen LogP) is 3.81. The maximum atomic E-state index is 12.8. The molecule has 0 heterocycles. The second kappa shape index (κ2) is 8.36. The van der Waals surface area contributed by atoms with Crippen molar-refractivity contribution in [1.82, 2.24) is 0 Å².